The minimum atomic E-state index is -6.01. The predicted molar refractivity (Wildman–Crippen MR) is 129 cm³/mol. The number of pyridine rings is 2. The summed E-state index contributed by atoms with van der Waals surface area (Å²) >= 11 is 0. The third-order valence-corrected chi connectivity index (χ3v) is 7.05. The molecule has 1 saturated heterocycles. The van der Waals surface area contributed by atoms with E-state index in [1.807, 2.05) is 0 Å². The first kappa shape index (κ1) is 31.1. The van der Waals surface area contributed by atoms with Gasteiger partial charge in [-0.1, -0.05) is 0 Å². The van der Waals surface area contributed by atoms with Crippen LogP contribution in [0.4, 0.5) is 45.3 Å². The number of fused-ring (bicyclic) bond motifs is 1. The summed E-state index contributed by atoms with van der Waals surface area (Å²) < 4.78 is 122. The van der Waals surface area contributed by atoms with Crippen molar-refractivity contribution in [1.82, 2.24) is 14.9 Å². The molecule has 3 heterocycles. The lowest BCUT2D eigenvalue weighted by atomic mass is 9.80. The van der Waals surface area contributed by atoms with E-state index in [1.165, 1.54) is 6.07 Å². The zero-order valence-corrected chi connectivity index (χ0v) is 21.2. The number of carbonyl (C=O) groups is 1. The van der Waals surface area contributed by atoms with Crippen LogP contribution >= 0.6 is 0 Å². The summed E-state index contributed by atoms with van der Waals surface area (Å²) in [5.41, 5.74) is -5.19. The molecule has 0 saturated carbocycles. The Labute approximate surface area is 230 Å². The second-order valence-electron chi connectivity index (χ2n) is 9.79. The maximum absolute atomic E-state index is 14.8. The number of hydrogen-bond donors (Lipinski definition) is 3. The van der Waals surface area contributed by atoms with Crippen LogP contribution in [0.3, 0.4) is 0 Å². The summed E-state index contributed by atoms with van der Waals surface area (Å²) in [4.78, 5) is 31.6. The Morgan fingerprint density at radius 2 is 1.52 bits per heavy atom. The zero-order valence-electron chi connectivity index (χ0n) is 21.2. The molecular weight excluding hydrogens is 591 g/mol. The van der Waals surface area contributed by atoms with Gasteiger partial charge in [0, 0.05) is 36.8 Å². The fourth-order valence-corrected chi connectivity index (χ4v) is 4.60. The van der Waals surface area contributed by atoms with Crippen molar-refractivity contribution in [2.75, 3.05) is 31.2 Å². The van der Waals surface area contributed by atoms with Crippen molar-refractivity contribution in [3.05, 3.63) is 63.7 Å². The maximum Gasteiger partial charge on any atom is 0.417 e. The number of anilines is 1. The second kappa shape index (κ2) is 11.1. The van der Waals surface area contributed by atoms with E-state index in [2.05, 4.69) is 4.98 Å². The summed E-state index contributed by atoms with van der Waals surface area (Å²) in [7, 11) is 0. The normalized spacial score (nSPS) is 15.9. The van der Waals surface area contributed by atoms with Gasteiger partial charge in [-0.2, -0.15) is 26.3 Å². The highest BCUT2D eigenvalue weighted by molar-refractivity contribution is 5.97. The van der Waals surface area contributed by atoms with Gasteiger partial charge in [0.15, 0.2) is 17.3 Å². The Bertz CT molecular complexity index is 1520. The summed E-state index contributed by atoms with van der Waals surface area (Å²) in [5, 5.41) is 19.4. The van der Waals surface area contributed by atoms with Gasteiger partial charge in [-0.15, -0.1) is 0 Å². The Kier molecular flexibility index (Phi) is 8.21. The van der Waals surface area contributed by atoms with E-state index in [9.17, 15) is 59.3 Å². The number of amides is 1. The number of nitrogens with one attached hydrogen (secondary N) is 1. The number of carbonyl (C=O) groups excluding carboxylic acids is 1. The molecule has 0 atom stereocenters. The number of alkyl halides is 6. The molecule has 1 aliphatic heterocycles. The molecule has 228 valence electrons. The minimum absolute atomic E-state index is 0.106. The fraction of sp³-hybridized carbons (Fsp3) is 0.400. The van der Waals surface area contributed by atoms with Gasteiger partial charge < -0.3 is 20.4 Å². The average molecular weight is 612 g/mol. The maximum atomic E-state index is 14.8. The summed E-state index contributed by atoms with van der Waals surface area (Å²) in [6, 6.07) is -1.68. The summed E-state index contributed by atoms with van der Waals surface area (Å²) in [6.07, 6.45) is -11.1. The van der Waals surface area contributed by atoms with Gasteiger partial charge in [0.2, 0.25) is 11.5 Å². The molecule has 4 rings (SSSR count). The quantitative estimate of drug-likeness (QED) is 0.368. The Morgan fingerprint density at radius 1 is 0.976 bits per heavy atom. The summed E-state index contributed by atoms with van der Waals surface area (Å²) in [6.45, 7) is -0.168. The Hall–Kier alpha value is -3.86. The van der Waals surface area contributed by atoms with Crippen LogP contribution in [0.1, 0.15) is 23.2 Å². The molecule has 17 heteroatoms. The molecule has 1 aromatic carbocycles. The number of rotatable bonds is 6. The third-order valence-electron chi connectivity index (χ3n) is 7.05. The minimum Gasteiger partial charge on any atom is -0.396 e. The van der Waals surface area contributed by atoms with Crippen molar-refractivity contribution < 1.29 is 54.5 Å². The van der Waals surface area contributed by atoms with Crippen LogP contribution in [-0.4, -0.2) is 70.4 Å². The van der Waals surface area contributed by atoms with Gasteiger partial charge in [-0.25, -0.2) is 18.2 Å². The van der Waals surface area contributed by atoms with E-state index >= 15 is 0 Å². The topological polar surface area (TPSA) is 108 Å². The molecule has 2 aromatic heterocycles. The third kappa shape index (κ3) is 5.88. The molecule has 1 fully saturated rings. The van der Waals surface area contributed by atoms with Gasteiger partial charge >= 0.3 is 12.4 Å². The highest BCUT2D eigenvalue weighted by atomic mass is 19.4. The van der Waals surface area contributed by atoms with E-state index in [-0.39, 0.29) is 44.3 Å². The van der Waals surface area contributed by atoms with Crippen molar-refractivity contribution in [3.8, 4) is 5.69 Å². The van der Waals surface area contributed by atoms with Crippen molar-refractivity contribution in [2.45, 2.75) is 31.2 Å². The molecule has 1 aliphatic rings. The predicted octanol–water partition coefficient (Wildman–Crippen LogP) is 3.60. The molecule has 3 N–H and O–H groups in total. The Morgan fingerprint density at radius 3 is 2.02 bits per heavy atom. The number of aliphatic hydroxyl groups excluding tert-OH is 2. The lowest BCUT2D eigenvalue weighted by molar-refractivity contribution is -0.255. The standard InChI is InChI=1S/C25H21F9N4O4/c26-12-7-15(27)18(16(28)8-12)38-9-14(21(42)36-22(24(29,30)31)25(32,33)34)19(41)13-1-2-17(35-20(13)38)37-5-3-23(10-39,11-40)4-6-37/h1-2,7-9,22,39-40H,3-6,10-11H2,(H,36,42). The molecule has 0 unspecified atom stereocenters. The number of piperidine rings is 1. The lowest BCUT2D eigenvalue weighted by Gasteiger charge is -2.40. The van der Waals surface area contributed by atoms with E-state index in [1.54, 1.807) is 4.90 Å². The van der Waals surface area contributed by atoms with Crippen molar-refractivity contribution in [2.24, 2.45) is 5.41 Å². The monoisotopic (exact) mass is 612 g/mol. The van der Waals surface area contributed by atoms with E-state index in [0.717, 1.165) is 6.07 Å². The number of hydrogen-bond acceptors (Lipinski definition) is 6. The highest BCUT2D eigenvalue weighted by Gasteiger charge is 2.57. The molecule has 3 aromatic rings. The SMILES string of the molecule is O=C(NC(C(F)(F)F)C(F)(F)F)c1cn(-c2c(F)cc(F)cc2F)c2nc(N3CCC(CO)(CO)CC3)ccc2c1=O. The Balaban J connectivity index is 1.89. The van der Waals surface area contributed by atoms with Crippen molar-refractivity contribution >= 4 is 22.8 Å². The van der Waals surface area contributed by atoms with Crippen LogP contribution in [0.15, 0.2) is 35.3 Å². The number of nitrogens with zero attached hydrogens (tertiary/aromatic N) is 3. The largest absolute Gasteiger partial charge is 0.417 e. The first-order chi connectivity index (χ1) is 19.5. The van der Waals surface area contributed by atoms with Gasteiger partial charge in [-0.05, 0) is 25.0 Å². The number of benzene rings is 1. The van der Waals surface area contributed by atoms with Crippen LogP contribution < -0.4 is 15.6 Å². The van der Waals surface area contributed by atoms with Gasteiger partial charge in [-0.3, -0.25) is 14.2 Å². The van der Waals surface area contributed by atoms with Crippen LogP contribution in [0.25, 0.3) is 16.7 Å². The smallest absolute Gasteiger partial charge is 0.396 e. The van der Waals surface area contributed by atoms with Gasteiger partial charge in [0.25, 0.3) is 5.91 Å². The van der Waals surface area contributed by atoms with Gasteiger partial charge in [0.05, 0.1) is 18.6 Å². The molecule has 8 nitrogen and oxygen atoms in total. The molecule has 0 bridgehead atoms. The summed E-state index contributed by atoms with van der Waals surface area (Å²) in [5.74, 6) is -6.59. The van der Waals surface area contributed by atoms with E-state index in [0.29, 0.717) is 28.9 Å². The number of aliphatic hydroxyl groups is 2. The molecule has 0 spiro atoms. The van der Waals surface area contributed by atoms with E-state index in [4.69, 9.17) is 0 Å². The average Bonchev–Trinajstić information content (AvgIpc) is 2.90. The number of aromatic nitrogens is 2. The first-order valence-corrected chi connectivity index (χ1v) is 12.1. The van der Waals surface area contributed by atoms with Crippen molar-refractivity contribution in [1.29, 1.82) is 0 Å². The molecule has 0 radical (unpaired) electrons. The first-order valence-electron chi connectivity index (χ1n) is 12.1. The molecule has 42 heavy (non-hydrogen) atoms. The fourth-order valence-electron chi connectivity index (χ4n) is 4.60. The van der Waals surface area contributed by atoms with Crippen LogP contribution in [-0.2, 0) is 0 Å². The number of halogens is 9. The molecule has 1 amide bonds. The molecular formula is C25H21F9N4O4. The second-order valence-corrected chi connectivity index (χ2v) is 9.79. The lowest BCUT2D eigenvalue weighted by Crippen LogP contribution is -2.55. The van der Waals surface area contributed by atoms with Crippen LogP contribution in [0.2, 0.25) is 0 Å². The molecule has 0 aliphatic carbocycles. The van der Waals surface area contributed by atoms with Crippen LogP contribution in [0, 0.1) is 22.9 Å². The zero-order chi connectivity index (χ0) is 31.2. The van der Waals surface area contributed by atoms with E-state index < -0.39 is 74.9 Å². The highest BCUT2D eigenvalue weighted by Crippen LogP contribution is 2.35. The van der Waals surface area contributed by atoms with Crippen molar-refractivity contribution in [3.63, 3.8) is 0 Å². The van der Waals surface area contributed by atoms with Crippen LogP contribution in [0.5, 0.6) is 0 Å². The van der Waals surface area contributed by atoms with Gasteiger partial charge in [0.1, 0.15) is 22.9 Å².